The lowest BCUT2D eigenvalue weighted by Crippen LogP contribution is -2.16. The number of nitrogens with zero attached hydrogens (tertiary/aromatic N) is 3. The fraction of sp³-hybridized carbons (Fsp3) is 0.0667. The number of halogens is 3. The molecule has 0 unspecified atom stereocenters. The molecule has 0 spiro atoms. The summed E-state index contributed by atoms with van der Waals surface area (Å²) < 4.78 is 54.6. The molecule has 3 rings (SSSR count). The molecular formula is C15H11ClF2N4O2S. The molecule has 6 nitrogen and oxygen atoms in total. The zero-order chi connectivity index (χ0) is 18.0. The minimum Gasteiger partial charge on any atom is -0.246 e. The summed E-state index contributed by atoms with van der Waals surface area (Å²) in [4.78, 5) is 2.99. The Morgan fingerprint density at radius 2 is 1.84 bits per heavy atom. The lowest BCUT2D eigenvalue weighted by Gasteiger charge is -2.06. The van der Waals surface area contributed by atoms with E-state index in [9.17, 15) is 17.2 Å². The summed E-state index contributed by atoms with van der Waals surface area (Å²) in [6, 6.07) is 9.15. The predicted molar refractivity (Wildman–Crippen MR) is 87.7 cm³/mol. The maximum absolute atomic E-state index is 13.7. The first-order valence-electron chi connectivity index (χ1n) is 6.95. The van der Waals surface area contributed by atoms with Crippen LogP contribution < -0.4 is 4.72 Å². The van der Waals surface area contributed by atoms with Crippen molar-refractivity contribution in [1.82, 2.24) is 14.8 Å². The Kier molecular flexibility index (Phi) is 4.69. The van der Waals surface area contributed by atoms with Crippen molar-refractivity contribution in [2.24, 2.45) is 0 Å². The number of benzene rings is 2. The van der Waals surface area contributed by atoms with E-state index in [1.165, 1.54) is 11.0 Å². The van der Waals surface area contributed by atoms with Gasteiger partial charge in [0.2, 0.25) is 0 Å². The summed E-state index contributed by atoms with van der Waals surface area (Å²) in [6.45, 7) is 0.334. The molecule has 0 aliphatic rings. The average Bonchev–Trinajstić information content (AvgIpc) is 2.98. The van der Waals surface area contributed by atoms with Crippen LogP contribution in [0.25, 0.3) is 0 Å². The highest BCUT2D eigenvalue weighted by atomic mass is 35.5. The summed E-state index contributed by atoms with van der Waals surface area (Å²) >= 11 is 5.80. The highest BCUT2D eigenvalue weighted by Gasteiger charge is 2.21. The van der Waals surface area contributed by atoms with Crippen molar-refractivity contribution in [3.63, 3.8) is 0 Å². The largest absolute Gasteiger partial charge is 0.267 e. The average molecular weight is 385 g/mol. The second-order valence-electron chi connectivity index (χ2n) is 5.07. The van der Waals surface area contributed by atoms with Gasteiger partial charge in [0.15, 0.2) is 0 Å². The zero-order valence-electron chi connectivity index (χ0n) is 12.5. The van der Waals surface area contributed by atoms with E-state index in [1.54, 1.807) is 24.3 Å². The van der Waals surface area contributed by atoms with Crippen molar-refractivity contribution in [3.05, 3.63) is 71.0 Å². The molecule has 3 aromatic rings. The van der Waals surface area contributed by atoms with E-state index < -0.39 is 26.6 Å². The van der Waals surface area contributed by atoms with Crippen molar-refractivity contribution < 1.29 is 17.2 Å². The number of hydrogen-bond acceptors (Lipinski definition) is 4. The molecule has 10 heteroatoms. The third kappa shape index (κ3) is 4.12. The smallest absolute Gasteiger partial charge is 0.246 e. The molecule has 0 fully saturated rings. The van der Waals surface area contributed by atoms with E-state index >= 15 is 0 Å². The van der Waals surface area contributed by atoms with Gasteiger partial charge in [-0.3, -0.25) is 0 Å². The number of anilines is 1. The Bertz CT molecular complexity index is 1010. The van der Waals surface area contributed by atoms with E-state index in [0.717, 1.165) is 17.7 Å². The monoisotopic (exact) mass is 384 g/mol. The molecule has 1 heterocycles. The molecule has 0 aliphatic carbocycles. The summed E-state index contributed by atoms with van der Waals surface area (Å²) in [6.07, 6.45) is 1.31. The van der Waals surface area contributed by atoms with Crippen LogP contribution in [0.5, 0.6) is 0 Å². The van der Waals surface area contributed by atoms with E-state index in [4.69, 9.17) is 11.6 Å². The molecule has 0 saturated carbocycles. The molecule has 2 aromatic carbocycles. The van der Waals surface area contributed by atoms with Gasteiger partial charge >= 0.3 is 0 Å². The summed E-state index contributed by atoms with van der Waals surface area (Å²) in [5, 5.41) is 4.55. The molecule has 1 N–H and O–H groups in total. The lowest BCUT2D eigenvalue weighted by molar-refractivity contribution is 0.555. The third-order valence-corrected chi connectivity index (χ3v) is 4.80. The summed E-state index contributed by atoms with van der Waals surface area (Å²) in [5.74, 6) is -2.20. The molecule has 25 heavy (non-hydrogen) atoms. The Hall–Kier alpha value is -2.52. The quantitative estimate of drug-likeness (QED) is 0.733. The van der Waals surface area contributed by atoms with Crippen LogP contribution in [0.4, 0.5) is 14.7 Å². The first-order chi connectivity index (χ1) is 11.8. The fourth-order valence-electron chi connectivity index (χ4n) is 2.05. The van der Waals surface area contributed by atoms with Gasteiger partial charge in [-0.25, -0.2) is 26.6 Å². The van der Waals surface area contributed by atoms with E-state index in [1.807, 2.05) is 4.72 Å². The highest BCUT2D eigenvalue weighted by molar-refractivity contribution is 7.92. The van der Waals surface area contributed by atoms with Gasteiger partial charge in [-0.05, 0) is 35.9 Å². The zero-order valence-corrected chi connectivity index (χ0v) is 14.1. The first-order valence-corrected chi connectivity index (χ1v) is 8.81. The van der Waals surface area contributed by atoms with Crippen LogP contribution in [0.3, 0.4) is 0 Å². The number of sulfonamides is 1. The van der Waals surface area contributed by atoms with Crippen LogP contribution in [0.15, 0.2) is 53.7 Å². The van der Waals surface area contributed by atoms with Crippen molar-refractivity contribution in [2.45, 2.75) is 11.4 Å². The molecule has 0 radical (unpaired) electrons. The Labute approximate surface area is 147 Å². The van der Waals surface area contributed by atoms with Gasteiger partial charge in [0, 0.05) is 5.02 Å². The van der Waals surface area contributed by atoms with Gasteiger partial charge in [0.05, 0.1) is 6.54 Å². The third-order valence-electron chi connectivity index (χ3n) is 3.20. The highest BCUT2D eigenvalue weighted by Crippen LogP contribution is 2.18. The topological polar surface area (TPSA) is 76.9 Å². The van der Waals surface area contributed by atoms with Crippen molar-refractivity contribution >= 4 is 27.6 Å². The van der Waals surface area contributed by atoms with Gasteiger partial charge in [-0.2, -0.15) is 4.98 Å². The predicted octanol–water partition coefficient (Wildman–Crippen LogP) is 3.06. The first kappa shape index (κ1) is 17.3. The number of nitrogens with one attached hydrogen (secondary N) is 1. The molecule has 1 aromatic heterocycles. The SMILES string of the molecule is O=S(=O)(Nc1ncn(Cc2ccc(Cl)cc2)n1)c1cc(F)ccc1F. The van der Waals surface area contributed by atoms with Gasteiger partial charge in [-0.1, -0.05) is 23.7 Å². The Morgan fingerprint density at radius 3 is 2.56 bits per heavy atom. The van der Waals surface area contributed by atoms with Gasteiger partial charge < -0.3 is 0 Å². The molecule has 0 bridgehead atoms. The molecule has 0 aliphatic heterocycles. The second kappa shape index (κ2) is 6.77. The molecule has 0 atom stereocenters. The minimum absolute atomic E-state index is 0.252. The lowest BCUT2D eigenvalue weighted by atomic mass is 10.2. The minimum atomic E-state index is -4.35. The van der Waals surface area contributed by atoms with Crippen LogP contribution in [-0.4, -0.2) is 23.2 Å². The molecular weight excluding hydrogens is 374 g/mol. The summed E-state index contributed by atoms with van der Waals surface area (Å²) in [7, 11) is -4.35. The van der Waals surface area contributed by atoms with E-state index in [-0.39, 0.29) is 5.95 Å². The van der Waals surface area contributed by atoms with Crippen molar-refractivity contribution in [3.8, 4) is 0 Å². The van der Waals surface area contributed by atoms with Crippen LogP contribution in [0, 0.1) is 11.6 Å². The van der Waals surface area contributed by atoms with Gasteiger partial charge in [0.25, 0.3) is 16.0 Å². The van der Waals surface area contributed by atoms with Crippen molar-refractivity contribution in [1.29, 1.82) is 0 Å². The van der Waals surface area contributed by atoms with Crippen molar-refractivity contribution in [2.75, 3.05) is 4.72 Å². The Balaban J connectivity index is 1.78. The standard InChI is InChI=1S/C15H11ClF2N4O2S/c16-11-3-1-10(2-4-11)8-22-9-19-15(20-22)21-25(23,24)14-7-12(17)5-6-13(14)18/h1-7,9H,8H2,(H,20,21). The Morgan fingerprint density at radius 1 is 1.12 bits per heavy atom. The number of hydrogen-bond donors (Lipinski definition) is 1. The van der Waals surface area contributed by atoms with Crippen LogP contribution in [-0.2, 0) is 16.6 Å². The molecule has 130 valence electrons. The number of aromatic nitrogens is 3. The maximum Gasteiger partial charge on any atom is 0.267 e. The fourth-order valence-corrected chi connectivity index (χ4v) is 3.22. The van der Waals surface area contributed by atoms with Gasteiger partial charge in [0.1, 0.15) is 22.9 Å². The van der Waals surface area contributed by atoms with E-state index in [2.05, 4.69) is 10.1 Å². The maximum atomic E-state index is 13.7. The normalized spacial score (nSPS) is 11.5. The molecule has 0 amide bonds. The number of rotatable bonds is 5. The van der Waals surface area contributed by atoms with Gasteiger partial charge in [-0.15, -0.1) is 5.10 Å². The second-order valence-corrected chi connectivity index (χ2v) is 7.16. The molecule has 0 saturated heterocycles. The van der Waals surface area contributed by atoms with Crippen LogP contribution >= 0.6 is 11.6 Å². The van der Waals surface area contributed by atoms with E-state index in [0.29, 0.717) is 17.6 Å². The van der Waals surface area contributed by atoms with Crippen LogP contribution in [0.2, 0.25) is 5.02 Å². The summed E-state index contributed by atoms with van der Waals surface area (Å²) in [5.41, 5.74) is 0.875. The van der Waals surface area contributed by atoms with Crippen LogP contribution in [0.1, 0.15) is 5.56 Å².